The largest absolute Gasteiger partial charge is 0.398 e. The Morgan fingerprint density at radius 3 is 2.80 bits per heavy atom. The molecule has 4 nitrogen and oxygen atoms in total. The van der Waals surface area contributed by atoms with Gasteiger partial charge in [0.15, 0.2) is 0 Å². The van der Waals surface area contributed by atoms with Crippen molar-refractivity contribution < 1.29 is 5.11 Å². The van der Waals surface area contributed by atoms with Gasteiger partial charge in [0, 0.05) is 21.9 Å². The van der Waals surface area contributed by atoms with Gasteiger partial charge in [-0.2, -0.15) is 5.10 Å². The van der Waals surface area contributed by atoms with E-state index in [9.17, 15) is 5.11 Å². The fraction of sp³-hybridized carbons (Fsp3) is 0.100. The van der Waals surface area contributed by atoms with Gasteiger partial charge in [-0.3, -0.25) is 5.10 Å². The van der Waals surface area contributed by atoms with E-state index in [0.717, 1.165) is 4.47 Å². The fourth-order valence-corrected chi connectivity index (χ4v) is 1.76. The van der Waals surface area contributed by atoms with Crippen LogP contribution in [-0.2, 0) is 0 Å². The first-order valence-electron chi connectivity index (χ1n) is 4.41. The van der Waals surface area contributed by atoms with E-state index in [-0.39, 0.29) is 0 Å². The van der Waals surface area contributed by atoms with Gasteiger partial charge in [-0.15, -0.1) is 0 Å². The molecule has 0 aliphatic carbocycles. The number of nitrogens with two attached hydrogens (primary N) is 1. The number of halogens is 1. The van der Waals surface area contributed by atoms with Crippen molar-refractivity contribution in [3.63, 3.8) is 0 Å². The first-order valence-corrected chi connectivity index (χ1v) is 5.20. The number of nitrogens with one attached hydrogen (secondary N) is 1. The first-order chi connectivity index (χ1) is 7.18. The van der Waals surface area contributed by atoms with E-state index < -0.39 is 6.10 Å². The van der Waals surface area contributed by atoms with Crippen LogP contribution in [0.3, 0.4) is 0 Å². The molecule has 1 atom stereocenters. The third kappa shape index (κ3) is 2.03. The molecule has 1 heterocycles. The van der Waals surface area contributed by atoms with E-state index in [2.05, 4.69) is 26.1 Å². The summed E-state index contributed by atoms with van der Waals surface area (Å²) in [4.78, 5) is 0. The van der Waals surface area contributed by atoms with Crippen molar-refractivity contribution in [2.75, 3.05) is 5.73 Å². The summed E-state index contributed by atoms with van der Waals surface area (Å²) in [6, 6.07) is 7.09. The molecule has 1 aromatic carbocycles. The van der Waals surface area contributed by atoms with Gasteiger partial charge in [0.25, 0.3) is 0 Å². The number of anilines is 1. The number of rotatable bonds is 2. The molecule has 0 spiro atoms. The van der Waals surface area contributed by atoms with Gasteiger partial charge in [-0.25, -0.2) is 0 Å². The molecule has 1 unspecified atom stereocenters. The van der Waals surface area contributed by atoms with Gasteiger partial charge in [0.2, 0.25) is 0 Å². The van der Waals surface area contributed by atoms with E-state index in [1.807, 2.05) is 6.07 Å². The molecule has 2 rings (SSSR count). The predicted molar refractivity (Wildman–Crippen MR) is 61.2 cm³/mol. The monoisotopic (exact) mass is 267 g/mol. The number of benzene rings is 1. The number of aliphatic hydroxyl groups is 1. The highest BCUT2D eigenvalue weighted by atomic mass is 79.9. The molecule has 0 bridgehead atoms. The molecule has 4 N–H and O–H groups in total. The van der Waals surface area contributed by atoms with Crippen LogP contribution in [0.4, 0.5) is 5.69 Å². The Hall–Kier alpha value is -1.33. The Labute approximate surface area is 95.3 Å². The predicted octanol–water partition coefficient (Wildman–Crippen LogP) is 1.84. The number of nitrogen functional groups attached to an aromatic ring is 1. The third-order valence-corrected chi connectivity index (χ3v) is 2.65. The number of H-pyrrole nitrogens is 1. The quantitative estimate of drug-likeness (QED) is 0.727. The van der Waals surface area contributed by atoms with Crippen LogP contribution in [0.1, 0.15) is 17.4 Å². The summed E-state index contributed by atoms with van der Waals surface area (Å²) in [6.07, 6.45) is 0.828. The summed E-state index contributed by atoms with van der Waals surface area (Å²) in [5.74, 6) is 0. The molecule has 15 heavy (non-hydrogen) atoms. The van der Waals surface area contributed by atoms with E-state index in [0.29, 0.717) is 16.9 Å². The highest BCUT2D eigenvalue weighted by Crippen LogP contribution is 2.27. The highest BCUT2D eigenvalue weighted by molar-refractivity contribution is 9.10. The molecule has 0 saturated carbocycles. The molecule has 0 aliphatic heterocycles. The number of hydrogen-bond acceptors (Lipinski definition) is 3. The Bertz CT molecular complexity index is 456. The van der Waals surface area contributed by atoms with Crippen molar-refractivity contribution in [2.45, 2.75) is 6.10 Å². The fourth-order valence-electron chi connectivity index (χ4n) is 1.38. The molecular formula is C10H10BrN3O. The lowest BCUT2D eigenvalue weighted by atomic mass is 10.1. The number of hydrogen-bond donors (Lipinski definition) is 3. The van der Waals surface area contributed by atoms with Crippen molar-refractivity contribution in [3.8, 4) is 0 Å². The Kier molecular flexibility index (Phi) is 2.75. The lowest BCUT2D eigenvalue weighted by Gasteiger charge is -2.11. The first kappa shape index (κ1) is 10.2. The Morgan fingerprint density at radius 2 is 2.20 bits per heavy atom. The zero-order valence-electron chi connectivity index (χ0n) is 7.81. The normalized spacial score (nSPS) is 12.7. The van der Waals surface area contributed by atoms with Crippen molar-refractivity contribution >= 4 is 21.6 Å². The van der Waals surface area contributed by atoms with Crippen molar-refractivity contribution in [2.24, 2.45) is 0 Å². The summed E-state index contributed by atoms with van der Waals surface area (Å²) in [6.45, 7) is 0. The van der Waals surface area contributed by atoms with Gasteiger partial charge in [0.1, 0.15) is 6.10 Å². The maximum Gasteiger partial charge on any atom is 0.122 e. The lowest BCUT2D eigenvalue weighted by Crippen LogP contribution is -2.04. The second-order valence-corrected chi connectivity index (χ2v) is 4.10. The van der Waals surface area contributed by atoms with Crippen LogP contribution in [0.5, 0.6) is 0 Å². The summed E-state index contributed by atoms with van der Waals surface area (Å²) in [5, 5.41) is 16.5. The number of aromatic nitrogens is 2. The van der Waals surface area contributed by atoms with Crippen LogP contribution in [0.2, 0.25) is 0 Å². The van der Waals surface area contributed by atoms with Crippen LogP contribution in [0, 0.1) is 0 Å². The zero-order chi connectivity index (χ0) is 10.8. The minimum absolute atomic E-state index is 0.548. The minimum atomic E-state index is -0.763. The van der Waals surface area contributed by atoms with Crippen LogP contribution >= 0.6 is 15.9 Å². The average Bonchev–Trinajstić information content (AvgIpc) is 2.69. The summed E-state index contributed by atoms with van der Waals surface area (Å²) < 4.78 is 0.889. The Morgan fingerprint density at radius 1 is 1.40 bits per heavy atom. The van der Waals surface area contributed by atoms with Gasteiger partial charge >= 0.3 is 0 Å². The average molecular weight is 268 g/mol. The van der Waals surface area contributed by atoms with Crippen LogP contribution < -0.4 is 5.73 Å². The lowest BCUT2D eigenvalue weighted by molar-refractivity contribution is 0.216. The number of nitrogens with zero attached hydrogens (tertiary/aromatic N) is 1. The number of aliphatic hydroxyl groups excluding tert-OH is 1. The van der Waals surface area contributed by atoms with E-state index in [4.69, 9.17) is 5.73 Å². The molecule has 78 valence electrons. The SMILES string of the molecule is Nc1cc(Br)ccc1C(O)c1ccn[nH]1. The highest BCUT2D eigenvalue weighted by Gasteiger charge is 2.14. The number of aromatic amines is 1. The second-order valence-electron chi connectivity index (χ2n) is 3.19. The van der Waals surface area contributed by atoms with E-state index in [1.165, 1.54) is 0 Å². The molecule has 0 saturated heterocycles. The van der Waals surface area contributed by atoms with E-state index in [1.54, 1.807) is 24.4 Å². The topological polar surface area (TPSA) is 74.9 Å². The summed E-state index contributed by atoms with van der Waals surface area (Å²) in [5.41, 5.74) is 7.65. The van der Waals surface area contributed by atoms with Gasteiger partial charge in [-0.05, 0) is 18.2 Å². The Balaban J connectivity index is 2.38. The van der Waals surface area contributed by atoms with Crippen molar-refractivity contribution in [1.82, 2.24) is 10.2 Å². The van der Waals surface area contributed by atoms with Crippen LogP contribution in [0.25, 0.3) is 0 Å². The summed E-state index contributed by atoms with van der Waals surface area (Å²) >= 11 is 3.31. The van der Waals surface area contributed by atoms with Crippen LogP contribution in [0.15, 0.2) is 34.9 Å². The van der Waals surface area contributed by atoms with Crippen LogP contribution in [-0.4, -0.2) is 15.3 Å². The molecule has 0 radical (unpaired) electrons. The molecule has 0 aliphatic rings. The molecule has 2 aromatic rings. The molecule has 0 amide bonds. The summed E-state index contributed by atoms with van der Waals surface area (Å²) in [7, 11) is 0. The molecular weight excluding hydrogens is 258 g/mol. The maximum atomic E-state index is 9.99. The smallest absolute Gasteiger partial charge is 0.122 e. The minimum Gasteiger partial charge on any atom is -0.398 e. The third-order valence-electron chi connectivity index (χ3n) is 2.16. The maximum absolute atomic E-state index is 9.99. The zero-order valence-corrected chi connectivity index (χ0v) is 9.40. The van der Waals surface area contributed by atoms with E-state index >= 15 is 0 Å². The molecule has 1 aromatic heterocycles. The van der Waals surface area contributed by atoms with Gasteiger partial charge in [-0.1, -0.05) is 22.0 Å². The van der Waals surface area contributed by atoms with Crippen molar-refractivity contribution in [1.29, 1.82) is 0 Å². The standard InChI is InChI=1S/C10H10BrN3O/c11-6-1-2-7(8(12)5-6)10(15)9-3-4-13-14-9/h1-5,10,15H,12H2,(H,13,14). The second kappa shape index (κ2) is 4.04. The van der Waals surface area contributed by atoms with Gasteiger partial charge in [0.05, 0.1) is 5.69 Å². The molecule has 0 fully saturated rings. The van der Waals surface area contributed by atoms with Gasteiger partial charge < -0.3 is 10.8 Å². The van der Waals surface area contributed by atoms with Crippen molar-refractivity contribution in [3.05, 3.63) is 46.2 Å². The molecule has 5 heteroatoms.